The standard InChI is InChI=1S/C24H36N4O3/c1-6-13-30-21-10-8-7-9-17(21)16-26-22(25-5)27-18-14-19-11-12-20(15-18)28(19)23(29)31-24(2,3)4/h6-10,18-20H,1,11-16H2,2-5H3,(H2,25,26,27). The van der Waals surface area contributed by atoms with Crippen LogP contribution < -0.4 is 15.4 Å². The lowest BCUT2D eigenvalue weighted by Gasteiger charge is -2.40. The number of nitrogens with one attached hydrogen (secondary N) is 2. The molecule has 0 saturated carbocycles. The Hall–Kier alpha value is -2.70. The molecule has 2 saturated heterocycles. The SMILES string of the molecule is C=CCOc1ccccc1CNC(=NC)NC1CC2CCC(C1)N2C(=O)OC(C)(C)C. The summed E-state index contributed by atoms with van der Waals surface area (Å²) in [5.41, 5.74) is 0.593. The largest absolute Gasteiger partial charge is 0.489 e. The quantitative estimate of drug-likeness (QED) is 0.409. The predicted octanol–water partition coefficient (Wildman–Crippen LogP) is 3.85. The molecule has 31 heavy (non-hydrogen) atoms. The zero-order chi connectivity index (χ0) is 22.4. The van der Waals surface area contributed by atoms with Crippen molar-refractivity contribution >= 4 is 12.1 Å². The number of carbonyl (C=O) groups excluding carboxylic acids is 1. The van der Waals surface area contributed by atoms with Crippen molar-refractivity contribution in [3.05, 3.63) is 42.5 Å². The van der Waals surface area contributed by atoms with Crippen LogP contribution in [0.1, 0.15) is 52.0 Å². The summed E-state index contributed by atoms with van der Waals surface area (Å²) in [6, 6.07) is 8.67. The Balaban J connectivity index is 1.55. The number of hydrogen-bond acceptors (Lipinski definition) is 4. The minimum atomic E-state index is -0.469. The van der Waals surface area contributed by atoms with Gasteiger partial charge in [0.05, 0.1) is 0 Å². The van der Waals surface area contributed by atoms with Gasteiger partial charge in [0, 0.05) is 37.3 Å². The zero-order valence-corrected chi connectivity index (χ0v) is 19.2. The first-order valence-electron chi connectivity index (χ1n) is 11.1. The first-order valence-corrected chi connectivity index (χ1v) is 11.1. The summed E-state index contributed by atoms with van der Waals surface area (Å²) in [6.45, 7) is 10.5. The van der Waals surface area contributed by atoms with Crippen LogP contribution in [0.4, 0.5) is 4.79 Å². The number of ether oxygens (including phenoxy) is 2. The van der Waals surface area contributed by atoms with Crippen molar-refractivity contribution in [1.82, 2.24) is 15.5 Å². The normalized spacial score (nSPS) is 23.3. The molecule has 0 radical (unpaired) electrons. The number of benzene rings is 1. The summed E-state index contributed by atoms with van der Waals surface area (Å²) in [4.78, 5) is 19.0. The average molecular weight is 429 g/mol. The number of piperidine rings is 1. The summed E-state index contributed by atoms with van der Waals surface area (Å²) < 4.78 is 11.4. The van der Waals surface area contributed by atoms with Crippen LogP contribution in [0, 0.1) is 0 Å². The lowest BCUT2D eigenvalue weighted by molar-refractivity contribution is 0.00545. The maximum absolute atomic E-state index is 12.7. The second-order valence-electron chi connectivity index (χ2n) is 9.22. The van der Waals surface area contributed by atoms with Gasteiger partial charge in [0.1, 0.15) is 18.0 Å². The topological polar surface area (TPSA) is 75.2 Å². The molecule has 1 aromatic rings. The van der Waals surface area contributed by atoms with Crippen LogP contribution in [0.2, 0.25) is 0 Å². The Labute approximate surface area is 185 Å². The van der Waals surface area contributed by atoms with Crippen molar-refractivity contribution in [2.24, 2.45) is 4.99 Å². The summed E-state index contributed by atoms with van der Waals surface area (Å²) in [5.74, 6) is 1.60. The highest BCUT2D eigenvalue weighted by Crippen LogP contribution is 2.36. The van der Waals surface area contributed by atoms with E-state index in [2.05, 4.69) is 22.2 Å². The smallest absolute Gasteiger partial charge is 0.410 e. The molecule has 2 fully saturated rings. The number of hydrogen-bond donors (Lipinski definition) is 2. The second-order valence-corrected chi connectivity index (χ2v) is 9.22. The van der Waals surface area contributed by atoms with Gasteiger partial charge in [-0.15, -0.1) is 0 Å². The molecule has 170 valence electrons. The molecule has 2 heterocycles. The van der Waals surface area contributed by atoms with Crippen molar-refractivity contribution < 1.29 is 14.3 Å². The van der Waals surface area contributed by atoms with Crippen molar-refractivity contribution in [1.29, 1.82) is 0 Å². The van der Waals surface area contributed by atoms with Gasteiger partial charge < -0.3 is 25.0 Å². The van der Waals surface area contributed by atoms with Crippen LogP contribution >= 0.6 is 0 Å². The minimum absolute atomic E-state index is 0.183. The number of rotatable bonds is 6. The van der Waals surface area contributed by atoms with Crippen molar-refractivity contribution in [2.45, 2.75) is 76.7 Å². The molecule has 1 aromatic carbocycles. The van der Waals surface area contributed by atoms with E-state index in [0.717, 1.165) is 43.0 Å². The molecule has 0 aromatic heterocycles. The van der Waals surface area contributed by atoms with E-state index < -0.39 is 5.60 Å². The third kappa shape index (κ3) is 6.15. The van der Waals surface area contributed by atoms with Crippen LogP contribution in [0.15, 0.2) is 41.9 Å². The molecule has 2 unspecified atom stereocenters. The van der Waals surface area contributed by atoms with Crippen LogP contribution in [-0.4, -0.2) is 54.3 Å². The van der Waals surface area contributed by atoms with Crippen LogP contribution in [-0.2, 0) is 11.3 Å². The maximum atomic E-state index is 12.7. The summed E-state index contributed by atoms with van der Waals surface area (Å²) in [5, 5.41) is 6.94. The summed E-state index contributed by atoms with van der Waals surface area (Å²) >= 11 is 0. The monoisotopic (exact) mass is 428 g/mol. The molecular formula is C24H36N4O3. The molecular weight excluding hydrogens is 392 g/mol. The molecule has 2 atom stereocenters. The van der Waals surface area contributed by atoms with E-state index in [-0.39, 0.29) is 24.2 Å². The molecule has 1 amide bonds. The highest BCUT2D eigenvalue weighted by Gasteiger charge is 2.45. The Morgan fingerprint density at radius 3 is 2.55 bits per heavy atom. The number of guanidine groups is 1. The van der Waals surface area contributed by atoms with Crippen molar-refractivity contribution in [3.8, 4) is 5.75 Å². The third-order valence-corrected chi connectivity index (χ3v) is 5.68. The minimum Gasteiger partial charge on any atom is -0.489 e. The number of amides is 1. The van der Waals surface area contributed by atoms with Gasteiger partial charge in [-0.1, -0.05) is 30.9 Å². The summed E-state index contributed by atoms with van der Waals surface area (Å²) in [7, 11) is 1.78. The molecule has 2 bridgehead atoms. The van der Waals surface area contributed by atoms with Gasteiger partial charge in [-0.05, 0) is 52.5 Å². The lowest BCUT2D eigenvalue weighted by Crippen LogP contribution is -2.54. The maximum Gasteiger partial charge on any atom is 0.410 e. The Morgan fingerprint density at radius 2 is 1.94 bits per heavy atom. The lowest BCUT2D eigenvalue weighted by atomic mass is 9.98. The van der Waals surface area contributed by atoms with Gasteiger partial charge in [-0.2, -0.15) is 0 Å². The fraction of sp³-hybridized carbons (Fsp3) is 0.583. The van der Waals surface area contributed by atoms with E-state index >= 15 is 0 Å². The highest BCUT2D eigenvalue weighted by molar-refractivity contribution is 5.80. The van der Waals surface area contributed by atoms with Gasteiger partial charge in [0.15, 0.2) is 5.96 Å². The Morgan fingerprint density at radius 1 is 1.26 bits per heavy atom. The molecule has 0 aliphatic carbocycles. The van der Waals surface area contributed by atoms with Crippen LogP contribution in [0.3, 0.4) is 0 Å². The number of nitrogens with zero attached hydrogens (tertiary/aromatic N) is 2. The van der Waals surface area contributed by atoms with E-state index in [0.29, 0.717) is 13.2 Å². The number of fused-ring (bicyclic) bond motifs is 2. The molecule has 2 aliphatic rings. The van der Waals surface area contributed by atoms with Crippen LogP contribution in [0.5, 0.6) is 5.75 Å². The molecule has 2 N–H and O–H groups in total. The first-order chi connectivity index (χ1) is 14.8. The van der Waals surface area contributed by atoms with Crippen molar-refractivity contribution in [3.63, 3.8) is 0 Å². The number of carbonyl (C=O) groups is 1. The molecule has 7 nitrogen and oxygen atoms in total. The van der Waals surface area contributed by atoms with E-state index in [1.807, 2.05) is 49.9 Å². The van der Waals surface area contributed by atoms with Gasteiger partial charge in [-0.3, -0.25) is 4.99 Å². The van der Waals surface area contributed by atoms with Gasteiger partial charge in [0.25, 0.3) is 0 Å². The third-order valence-electron chi connectivity index (χ3n) is 5.68. The first kappa shape index (κ1) is 23.0. The fourth-order valence-corrected chi connectivity index (χ4v) is 4.41. The Bertz CT molecular complexity index is 788. The van der Waals surface area contributed by atoms with E-state index in [4.69, 9.17) is 9.47 Å². The highest BCUT2D eigenvalue weighted by atomic mass is 16.6. The Kier molecular flexibility index (Phi) is 7.46. The average Bonchev–Trinajstić information content (AvgIpc) is 2.99. The van der Waals surface area contributed by atoms with E-state index in [1.165, 1.54) is 0 Å². The predicted molar refractivity (Wildman–Crippen MR) is 123 cm³/mol. The molecule has 3 rings (SSSR count). The number of aliphatic imine (C=N–C) groups is 1. The molecule has 2 aliphatic heterocycles. The van der Waals surface area contributed by atoms with Gasteiger partial charge >= 0.3 is 6.09 Å². The molecule has 7 heteroatoms. The zero-order valence-electron chi connectivity index (χ0n) is 19.2. The van der Waals surface area contributed by atoms with Gasteiger partial charge in [-0.25, -0.2) is 4.79 Å². The van der Waals surface area contributed by atoms with Crippen molar-refractivity contribution in [2.75, 3.05) is 13.7 Å². The van der Waals surface area contributed by atoms with Crippen LogP contribution in [0.25, 0.3) is 0 Å². The van der Waals surface area contributed by atoms with E-state index in [9.17, 15) is 4.79 Å². The van der Waals surface area contributed by atoms with Gasteiger partial charge in [0.2, 0.25) is 0 Å². The summed E-state index contributed by atoms with van der Waals surface area (Å²) in [6.07, 6.45) is 5.41. The number of para-hydroxylation sites is 1. The second kappa shape index (κ2) is 10.1. The van der Waals surface area contributed by atoms with E-state index in [1.54, 1.807) is 13.1 Å². The molecule has 0 spiro atoms. The fourth-order valence-electron chi connectivity index (χ4n) is 4.41.